The second-order valence-electron chi connectivity index (χ2n) is 5.56. The van der Waals surface area contributed by atoms with Gasteiger partial charge in [-0.05, 0) is 44.0 Å². The van der Waals surface area contributed by atoms with Crippen molar-refractivity contribution in [3.63, 3.8) is 0 Å². The Kier molecular flexibility index (Phi) is 3.40. The molecule has 7 heteroatoms. The number of aliphatic carboxylic acids is 1. The van der Waals surface area contributed by atoms with Crippen molar-refractivity contribution in [2.45, 2.75) is 25.3 Å². The van der Waals surface area contributed by atoms with Crippen LogP contribution in [0, 0.1) is 0 Å². The van der Waals surface area contributed by atoms with Crippen molar-refractivity contribution in [1.82, 2.24) is 19.7 Å². The third-order valence-electron chi connectivity index (χ3n) is 4.18. The van der Waals surface area contributed by atoms with Gasteiger partial charge in [0.15, 0.2) is 0 Å². The Balaban J connectivity index is 1.85. The average Bonchev–Trinajstić information content (AvgIpc) is 3.17. The monoisotopic (exact) mass is 300 g/mol. The molecule has 0 aliphatic carbocycles. The fraction of sp³-hybridized carbons (Fsp3) is 0.333. The molecule has 2 aromatic rings. The van der Waals surface area contributed by atoms with Gasteiger partial charge >= 0.3 is 5.97 Å². The van der Waals surface area contributed by atoms with Gasteiger partial charge in [-0.25, -0.2) is 4.79 Å². The maximum Gasteiger partial charge on any atom is 0.329 e. The molecule has 7 nitrogen and oxygen atoms in total. The summed E-state index contributed by atoms with van der Waals surface area (Å²) < 4.78 is 1.73. The Labute approximate surface area is 127 Å². The van der Waals surface area contributed by atoms with E-state index in [1.54, 1.807) is 48.4 Å². The minimum absolute atomic E-state index is 0.252. The molecular weight excluding hydrogens is 284 g/mol. The van der Waals surface area contributed by atoms with E-state index in [1.165, 1.54) is 4.90 Å². The van der Waals surface area contributed by atoms with E-state index in [2.05, 4.69) is 10.2 Å². The topological polar surface area (TPSA) is 88.3 Å². The van der Waals surface area contributed by atoms with Crippen LogP contribution < -0.4 is 0 Å². The molecule has 0 spiro atoms. The van der Waals surface area contributed by atoms with Crippen LogP contribution in [-0.2, 0) is 4.79 Å². The Bertz CT molecular complexity index is 696. The summed E-state index contributed by atoms with van der Waals surface area (Å²) in [4.78, 5) is 25.5. The first kappa shape index (κ1) is 14.2. The van der Waals surface area contributed by atoms with E-state index < -0.39 is 11.5 Å². The van der Waals surface area contributed by atoms with Gasteiger partial charge in [-0.15, -0.1) is 10.2 Å². The van der Waals surface area contributed by atoms with Gasteiger partial charge in [-0.2, -0.15) is 0 Å². The molecule has 1 amide bonds. The van der Waals surface area contributed by atoms with Crippen molar-refractivity contribution in [1.29, 1.82) is 0 Å². The van der Waals surface area contributed by atoms with Crippen LogP contribution in [0.3, 0.4) is 0 Å². The molecule has 1 aliphatic heterocycles. The number of amides is 1. The van der Waals surface area contributed by atoms with Crippen molar-refractivity contribution in [3.05, 3.63) is 42.5 Å². The predicted molar refractivity (Wildman–Crippen MR) is 77.7 cm³/mol. The normalized spacial score (nSPS) is 21.0. The lowest BCUT2D eigenvalue weighted by atomic mass is 9.98. The fourth-order valence-corrected chi connectivity index (χ4v) is 2.78. The smallest absolute Gasteiger partial charge is 0.329 e. The number of benzene rings is 1. The van der Waals surface area contributed by atoms with Crippen molar-refractivity contribution < 1.29 is 14.7 Å². The van der Waals surface area contributed by atoms with E-state index in [4.69, 9.17) is 0 Å². The summed E-state index contributed by atoms with van der Waals surface area (Å²) in [7, 11) is 0. The zero-order chi connectivity index (χ0) is 15.7. The molecule has 1 aromatic heterocycles. The largest absolute Gasteiger partial charge is 0.480 e. The van der Waals surface area contributed by atoms with Crippen LogP contribution in [0.2, 0.25) is 0 Å². The molecule has 3 rings (SSSR count). The lowest BCUT2D eigenvalue weighted by molar-refractivity contribution is -0.147. The van der Waals surface area contributed by atoms with Gasteiger partial charge in [0.1, 0.15) is 18.2 Å². The highest BCUT2D eigenvalue weighted by molar-refractivity contribution is 5.98. The van der Waals surface area contributed by atoms with Crippen LogP contribution in [0.25, 0.3) is 5.69 Å². The van der Waals surface area contributed by atoms with E-state index in [1.807, 2.05) is 0 Å². The summed E-state index contributed by atoms with van der Waals surface area (Å²) in [5.41, 5.74) is 0.194. The van der Waals surface area contributed by atoms with E-state index in [0.29, 0.717) is 24.9 Å². The number of rotatable bonds is 3. The summed E-state index contributed by atoms with van der Waals surface area (Å²) in [6.45, 7) is 2.07. The van der Waals surface area contributed by atoms with Crippen molar-refractivity contribution in [2.75, 3.05) is 6.54 Å². The molecule has 1 unspecified atom stereocenters. The molecule has 1 aromatic carbocycles. The van der Waals surface area contributed by atoms with E-state index in [9.17, 15) is 14.7 Å². The van der Waals surface area contributed by atoms with Crippen LogP contribution in [0.4, 0.5) is 0 Å². The van der Waals surface area contributed by atoms with E-state index in [-0.39, 0.29) is 5.91 Å². The third-order valence-corrected chi connectivity index (χ3v) is 4.18. The van der Waals surface area contributed by atoms with Gasteiger partial charge in [0.2, 0.25) is 0 Å². The SMILES string of the molecule is CC1(C(=O)O)CCCN1C(=O)c1ccc(-n2cnnc2)cc1. The number of carbonyl (C=O) groups is 2. The van der Waals surface area contributed by atoms with E-state index in [0.717, 1.165) is 5.69 Å². The number of carbonyl (C=O) groups excluding carboxylic acids is 1. The molecule has 22 heavy (non-hydrogen) atoms. The van der Waals surface area contributed by atoms with Crippen molar-refractivity contribution in [2.24, 2.45) is 0 Å². The summed E-state index contributed by atoms with van der Waals surface area (Å²) >= 11 is 0. The molecule has 1 aliphatic rings. The number of aromatic nitrogens is 3. The Morgan fingerprint density at radius 3 is 2.41 bits per heavy atom. The van der Waals surface area contributed by atoms with Gasteiger partial charge in [0.05, 0.1) is 0 Å². The first-order chi connectivity index (χ1) is 10.5. The predicted octanol–water partition coefficient (Wildman–Crippen LogP) is 1.35. The average molecular weight is 300 g/mol. The summed E-state index contributed by atoms with van der Waals surface area (Å²) in [5, 5.41) is 16.9. The Morgan fingerprint density at radius 2 is 1.82 bits per heavy atom. The van der Waals surface area contributed by atoms with Gasteiger partial charge in [0, 0.05) is 17.8 Å². The van der Waals surface area contributed by atoms with Crippen molar-refractivity contribution >= 4 is 11.9 Å². The van der Waals surface area contributed by atoms with Crippen molar-refractivity contribution in [3.8, 4) is 5.69 Å². The maximum absolute atomic E-state index is 12.6. The second kappa shape index (κ2) is 5.25. The van der Waals surface area contributed by atoms with Gasteiger partial charge < -0.3 is 10.0 Å². The summed E-state index contributed by atoms with van der Waals surface area (Å²) in [6.07, 6.45) is 4.32. The quantitative estimate of drug-likeness (QED) is 0.924. The van der Waals surface area contributed by atoms with Gasteiger partial charge in [0.25, 0.3) is 5.91 Å². The van der Waals surface area contributed by atoms with Crippen LogP contribution in [-0.4, -0.2) is 48.7 Å². The highest BCUT2D eigenvalue weighted by Crippen LogP contribution is 2.30. The first-order valence-corrected chi connectivity index (χ1v) is 7.03. The maximum atomic E-state index is 12.6. The molecular formula is C15H16N4O3. The number of hydrogen-bond donors (Lipinski definition) is 1. The van der Waals surface area contributed by atoms with E-state index >= 15 is 0 Å². The minimum Gasteiger partial charge on any atom is -0.480 e. The first-order valence-electron chi connectivity index (χ1n) is 7.03. The Morgan fingerprint density at radius 1 is 1.18 bits per heavy atom. The zero-order valence-corrected chi connectivity index (χ0v) is 12.1. The number of hydrogen-bond acceptors (Lipinski definition) is 4. The van der Waals surface area contributed by atoms with Crippen LogP contribution in [0.5, 0.6) is 0 Å². The van der Waals surface area contributed by atoms with Gasteiger partial charge in [-0.3, -0.25) is 9.36 Å². The fourth-order valence-electron chi connectivity index (χ4n) is 2.78. The van der Waals surface area contributed by atoms with Crippen LogP contribution >= 0.6 is 0 Å². The molecule has 0 saturated carbocycles. The number of carboxylic acids is 1. The third kappa shape index (κ3) is 2.24. The Hall–Kier alpha value is -2.70. The highest BCUT2D eigenvalue weighted by atomic mass is 16.4. The second-order valence-corrected chi connectivity index (χ2v) is 5.56. The standard InChI is InChI=1S/C15H16N4O3/c1-15(14(21)22)7-2-8-19(15)13(20)11-3-5-12(6-4-11)18-9-16-17-10-18/h3-6,9-10H,2,7-8H2,1H3,(H,21,22). The molecule has 2 heterocycles. The summed E-state index contributed by atoms with van der Waals surface area (Å²) in [6, 6.07) is 6.95. The number of carboxylic acid groups (broad SMARTS) is 1. The van der Waals surface area contributed by atoms with Gasteiger partial charge in [-0.1, -0.05) is 0 Å². The molecule has 1 saturated heterocycles. The minimum atomic E-state index is -1.12. The number of likely N-dealkylation sites (tertiary alicyclic amines) is 1. The molecule has 0 bridgehead atoms. The highest BCUT2D eigenvalue weighted by Gasteiger charge is 2.46. The summed E-state index contributed by atoms with van der Waals surface area (Å²) in [5.74, 6) is -1.21. The molecule has 1 fully saturated rings. The van der Waals surface area contributed by atoms with Crippen LogP contribution in [0.1, 0.15) is 30.1 Å². The lowest BCUT2D eigenvalue weighted by Crippen LogP contribution is -2.50. The number of nitrogens with zero attached hydrogens (tertiary/aromatic N) is 4. The molecule has 1 N–H and O–H groups in total. The molecule has 0 radical (unpaired) electrons. The molecule has 114 valence electrons. The zero-order valence-electron chi connectivity index (χ0n) is 12.1. The molecule has 1 atom stereocenters. The lowest BCUT2D eigenvalue weighted by Gasteiger charge is -2.31. The van der Waals surface area contributed by atoms with Crippen LogP contribution in [0.15, 0.2) is 36.9 Å².